The van der Waals surface area contributed by atoms with Crippen LogP contribution in [-0.2, 0) is 0 Å². The molecule has 0 atom stereocenters. The third kappa shape index (κ3) is 2.46. The molecule has 0 amide bonds. The molecule has 0 aliphatic heterocycles. The van der Waals surface area contributed by atoms with Gasteiger partial charge in [-0.15, -0.1) is 0 Å². The van der Waals surface area contributed by atoms with Crippen molar-refractivity contribution in [1.29, 1.82) is 0 Å². The van der Waals surface area contributed by atoms with E-state index in [2.05, 4.69) is 59.0 Å². The zero-order valence-corrected chi connectivity index (χ0v) is 10.6. The Morgan fingerprint density at radius 2 is 1.40 bits per heavy atom. The molecule has 62 valence electrons. The standard InChI is InChI=1S/C6H14I2N2/c1-3-5(9,4-2)6(7,8)10/h3-4,9-10H2,1-2H3. The second kappa shape index (κ2) is 3.86. The average Bonchev–Trinajstić information content (AvgIpc) is 1.84. The highest BCUT2D eigenvalue weighted by Crippen LogP contribution is 2.36. The number of rotatable bonds is 3. The van der Waals surface area contributed by atoms with Crippen LogP contribution in [0.1, 0.15) is 26.7 Å². The van der Waals surface area contributed by atoms with Gasteiger partial charge in [0.1, 0.15) is 1.55 Å². The van der Waals surface area contributed by atoms with E-state index in [0.717, 1.165) is 12.8 Å². The summed E-state index contributed by atoms with van der Waals surface area (Å²) in [5, 5.41) is 0. The molecule has 0 aliphatic rings. The van der Waals surface area contributed by atoms with Crippen LogP contribution >= 0.6 is 45.2 Å². The largest absolute Gasteiger partial charge is 0.322 e. The van der Waals surface area contributed by atoms with Gasteiger partial charge < -0.3 is 11.5 Å². The summed E-state index contributed by atoms with van der Waals surface area (Å²) in [6, 6.07) is 0. The molecule has 0 bridgehead atoms. The molecule has 0 heterocycles. The summed E-state index contributed by atoms with van der Waals surface area (Å²) in [5.41, 5.74) is 11.7. The van der Waals surface area contributed by atoms with E-state index < -0.39 is 0 Å². The predicted molar refractivity (Wildman–Crippen MR) is 62.5 cm³/mol. The van der Waals surface area contributed by atoms with Gasteiger partial charge in [0.2, 0.25) is 0 Å². The van der Waals surface area contributed by atoms with Crippen LogP contribution in [0.25, 0.3) is 0 Å². The van der Waals surface area contributed by atoms with E-state index >= 15 is 0 Å². The molecule has 0 aliphatic carbocycles. The Kier molecular flexibility index (Phi) is 4.39. The SMILES string of the molecule is CCC(N)(CC)C(N)(I)I. The third-order valence-electron chi connectivity index (χ3n) is 1.93. The molecular weight excluding hydrogens is 354 g/mol. The quantitative estimate of drug-likeness (QED) is 0.455. The maximum Gasteiger partial charge on any atom is 0.138 e. The fraction of sp³-hybridized carbons (Fsp3) is 1.00. The smallest absolute Gasteiger partial charge is 0.138 e. The second-order valence-electron chi connectivity index (χ2n) is 2.49. The summed E-state index contributed by atoms with van der Waals surface area (Å²) in [5.74, 6) is 0. The molecule has 0 fully saturated rings. The molecule has 0 aromatic carbocycles. The highest BCUT2D eigenvalue weighted by Gasteiger charge is 2.38. The van der Waals surface area contributed by atoms with E-state index in [0.29, 0.717) is 0 Å². The molecule has 0 aromatic heterocycles. The molecule has 0 saturated carbocycles. The molecule has 0 saturated heterocycles. The molecular formula is C6H14I2N2. The third-order valence-corrected chi connectivity index (χ3v) is 4.07. The molecule has 4 N–H and O–H groups in total. The van der Waals surface area contributed by atoms with E-state index in [-0.39, 0.29) is 7.09 Å². The predicted octanol–water partition coefficient (Wildman–Crippen LogP) is 1.99. The highest BCUT2D eigenvalue weighted by atomic mass is 127. The maximum atomic E-state index is 6.03. The fourth-order valence-electron chi connectivity index (χ4n) is 0.721. The molecule has 4 heteroatoms. The van der Waals surface area contributed by atoms with Crippen LogP contribution < -0.4 is 11.5 Å². The topological polar surface area (TPSA) is 52.0 Å². The van der Waals surface area contributed by atoms with Crippen LogP contribution in [0.15, 0.2) is 0 Å². The van der Waals surface area contributed by atoms with Crippen LogP contribution in [0.3, 0.4) is 0 Å². The van der Waals surface area contributed by atoms with Crippen molar-refractivity contribution in [2.75, 3.05) is 0 Å². The summed E-state index contributed by atoms with van der Waals surface area (Å²) >= 11 is 4.39. The Labute approximate surface area is 89.8 Å². The van der Waals surface area contributed by atoms with Gasteiger partial charge in [-0.25, -0.2) is 0 Å². The van der Waals surface area contributed by atoms with Crippen LogP contribution in [0, 0.1) is 0 Å². The van der Waals surface area contributed by atoms with Gasteiger partial charge >= 0.3 is 0 Å². The van der Waals surface area contributed by atoms with E-state index in [1.165, 1.54) is 0 Å². The van der Waals surface area contributed by atoms with Gasteiger partial charge in [-0.1, -0.05) is 13.8 Å². The lowest BCUT2D eigenvalue weighted by atomic mass is 9.95. The maximum absolute atomic E-state index is 6.03. The van der Waals surface area contributed by atoms with Crippen LogP contribution in [0.4, 0.5) is 0 Å². The number of nitrogens with two attached hydrogens (primary N) is 2. The number of halogens is 2. The van der Waals surface area contributed by atoms with Gasteiger partial charge in [0, 0.05) is 0 Å². The van der Waals surface area contributed by atoms with Crippen molar-refractivity contribution >= 4 is 45.2 Å². The summed E-state index contributed by atoms with van der Waals surface area (Å²) < 4.78 is -0.327. The Morgan fingerprint density at radius 1 is 1.10 bits per heavy atom. The minimum absolute atomic E-state index is 0.228. The van der Waals surface area contributed by atoms with Gasteiger partial charge in [-0.05, 0) is 58.0 Å². The first kappa shape index (κ1) is 11.4. The molecule has 0 rings (SSSR count). The zero-order valence-electron chi connectivity index (χ0n) is 6.32. The second-order valence-corrected chi connectivity index (χ2v) is 7.95. The van der Waals surface area contributed by atoms with Gasteiger partial charge in [0.05, 0.1) is 5.54 Å². The van der Waals surface area contributed by atoms with Crippen LogP contribution in [0.2, 0.25) is 0 Å². The van der Waals surface area contributed by atoms with Gasteiger partial charge in [-0.3, -0.25) is 0 Å². The van der Waals surface area contributed by atoms with E-state index in [9.17, 15) is 0 Å². The number of alkyl halides is 2. The van der Waals surface area contributed by atoms with Crippen molar-refractivity contribution in [2.45, 2.75) is 33.8 Å². The Balaban J connectivity index is 4.33. The van der Waals surface area contributed by atoms with Crippen molar-refractivity contribution in [3.63, 3.8) is 0 Å². The summed E-state index contributed by atoms with van der Waals surface area (Å²) in [7, 11) is 0. The van der Waals surface area contributed by atoms with E-state index in [4.69, 9.17) is 11.5 Å². The lowest BCUT2D eigenvalue weighted by molar-refractivity contribution is 0.386. The van der Waals surface area contributed by atoms with E-state index in [1.807, 2.05) is 0 Å². The lowest BCUT2D eigenvalue weighted by Crippen LogP contribution is -2.57. The molecule has 10 heavy (non-hydrogen) atoms. The molecule has 0 unspecified atom stereocenters. The van der Waals surface area contributed by atoms with Crippen molar-refractivity contribution in [3.05, 3.63) is 0 Å². The van der Waals surface area contributed by atoms with E-state index in [1.54, 1.807) is 0 Å². The summed E-state index contributed by atoms with van der Waals surface area (Å²) in [6.07, 6.45) is 1.84. The van der Waals surface area contributed by atoms with Crippen molar-refractivity contribution in [2.24, 2.45) is 11.5 Å². The summed E-state index contributed by atoms with van der Waals surface area (Å²) in [4.78, 5) is 0. The zero-order chi connectivity index (χ0) is 8.41. The first-order valence-corrected chi connectivity index (χ1v) is 5.48. The minimum Gasteiger partial charge on any atom is -0.322 e. The van der Waals surface area contributed by atoms with Crippen molar-refractivity contribution in [1.82, 2.24) is 0 Å². The first-order chi connectivity index (χ1) is 4.37. The minimum atomic E-state index is -0.327. The average molecular weight is 368 g/mol. The first-order valence-electron chi connectivity index (χ1n) is 3.33. The van der Waals surface area contributed by atoms with Crippen LogP contribution in [0.5, 0.6) is 0 Å². The fourth-order valence-corrected chi connectivity index (χ4v) is 2.25. The van der Waals surface area contributed by atoms with Gasteiger partial charge in [0.25, 0.3) is 0 Å². The van der Waals surface area contributed by atoms with Crippen molar-refractivity contribution in [3.8, 4) is 0 Å². The number of hydrogen-bond acceptors (Lipinski definition) is 2. The highest BCUT2D eigenvalue weighted by molar-refractivity contribution is 14.2. The monoisotopic (exact) mass is 368 g/mol. The molecule has 2 nitrogen and oxygen atoms in total. The lowest BCUT2D eigenvalue weighted by Gasteiger charge is -2.36. The number of hydrogen-bond donors (Lipinski definition) is 2. The Bertz CT molecular complexity index is 105. The Hall–Kier alpha value is 1.38. The summed E-state index contributed by atoms with van der Waals surface area (Å²) in [6.45, 7) is 4.14. The molecule has 0 aromatic rings. The molecule has 0 radical (unpaired) electrons. The molecule has 0 spiro atoms. The van der Waals surface area contributed by atoms with Crippen molar-refractivity contribution < 1.29 is 0 Å². The van der Waals surface area contributed by atoms with Crippen LogP contribution in [-0.4, -0.2) is 7.09 Å². The van der Waals surface area contributed by atoms with Gasteiger partial charge in [0.15, 0.2) is 0 Å². The normalized spacial score (nSPS) is 13.8. The Morgan fingerprint density at radius 3 is 1.40 bits per heavy atom. The van der Waals surface area contributed by atoms with Gasteiger partial charge in [-0.2, -0.15) is 0 Å².